The molecule has 0 spiro atoms. The largest absolute Gasteiger partial charge is 0.353 e. The molecule has 0 heterocycles. The van der Waals surface area contributed by atoms with Crippen molar-refractivity contribution in [3.63, 3.8) is 0 Å². The summed E-state index contributed by atoms with van der Waals surface area (Å²) in [5.41, 5.74) is 5.40. The van der Waals surface area contributed by atoms with Gasteiger partial charge in [0.2, 0.25) is 5.91 Å². The molecule has 76 valence electrons. The van der Waals surface area contributed by atoms with Gasteiger partial charge in [-0.3, -0.25) is 4.79 Å². The Morgan fingerprint density at radius 1 is 1.69 bits per heavy atom. The van der Waals surface area contributed by atoms with Gasteiger partial charge >= 0.3 is 0 Å². The molecular weight excluding hydrogens is 166 g/mol. The Morgan fingerprint density at radius 3 is 2.77 bits per heavy atom. The highest BCUT2D eigenvalue weighted by Gasteiger charge is 2.25. The number of hydrogen-bond acceptors (Lipinski definition) is 3. The standard InChI is InChI=1S/C9H19N3O/c1-7(10)9(13)11-5-6-12(2)8-3-4-8/h7-8H,3-6,10H2,1-2H3,(H,11,13). The maximum absolute atomic E-state index is 11.1. The van der Waals surface area contributed by atoms with Crippen molar-refractivity contribution in [2.75, 3.05) is 20.1 Å². The Hall–Kier alpha value is -0.610. The summed E-state index contributed by atoms with van der Waals surface area (Å²) in [6.45, 7) is 3.32. The van der Waals surface area contributed by atoms with Gasteiger partial charge in [-0.1, -0.05) is 0 Å². The van der Waals surface area contributed by atoms with Gasteiger partial charge < -0.3 is 16.0 Å². The highest BCUT2D eigenvalue weighted by atomic mass is 16.2. The predicted octanol–water partition coefficient (Wildman–Crippen LogP) is -0.456. The second-order valence-corrected chi connectivity index (χ2v) is 3.79. The van der Waals surface area contributed by atoms with Crippen molar-refractivity contribution in [2.45, 2.75) is 31.8 Å². The fraction of sp³-hybridized carbons (Fsp3) is 0.889. The van der Waals surface area contributed by atoms with E-state index in [9.17, 15) is 4.79 Å². The van der Waals surface area contributed by atoms with Crippen LogP contribution in [0.15, 0.2) is 0 Å². The average Bonchev–Trinajstić information content (AvgIpc) is 2.85. The molecule has 13 heavy (non-hydrogen) atoms. The molecule has 0 aliphatic heterocycles. The number of likely N-dealkylation sites (N-methyl/N-ethyl adjacent to an activating group) is 1. The quantitative estimate of drug-likeness (QED) is 0.609. The SMILES string of the molecule is CC(N)C(=O)NCCN(C)C1CC1. The second-order valence-electron chi connectivity index (χ2n) is 3.79. The summed E-state index contributed by atoms with van der Waals surface area (Å²) in [5, 5.41) is 2.79. The predicted molar refractivity (Wildman–Crippen MR) is 52.3 cm³/mol. The zero-order chi connectivity index (χ0) is 9.84. The first-order valence-electron chi connectivity index (χ1n) is 4.85. The Morgan fingerprint density at radius 2 is 2.31 bits per heavy atom. The third-order valence-corrected chi connectivity index (χ3v) is 2.35. The third-order valence-electron chi connectivity index (χ3n) is 2.35. The molecule has 4 nitrogen and oxygen atoms in total. The molecular formula is C9H19N3O. The van der Waals surface area contributed by atoms with E-state index in [0.29, 0.717) is 6.54 Å². The van der Waals surface area contributed by atoms with Crippen LogP contribution in [-0.4, -0.2) is 43.0 Å². The van der Waals surface area contributed by atoms with Gasteiger partial charge in [-0.2, -0.15) is 0 Å². The van der Waals surface area contributed by atoms with E-state index in [-0.39, 0.29) is 5.91 Å². The first-order valence-corrected chi connectivity index (χ1v) is 4.85. The van der Waals surface area contributed by atoms with Crippen LogP contribution in [0.1, 0.15) is 19.8 Å². The number of carbonyl (C=O) groups is 1. The van der Waals surface area contributed by atoms with Crippen molar-refractivity contribution >= 4 is 5.91 Å². The maximum atomic E-state index is 11.1. The smallest absolute Gasteiger partial charge is 0.236 e. The van der Waals surface area contributed by atoms with E-state index in [1.165, 1.54) is 12.8 Å². The van der Waals surface area contributed by atoms with Crippen LogP contribution in [0.2, 0.25) is 0 Å². The summed E-state index contributed by atoms with van der Waals surface area (Å²) >= 11 is 0. The molecule has 1 saturated carbocycles. The van der Waals surface area contributed by atoms with Crippen molar-refractivity contribution in [2.24, 2.45) is 5.73 Å². The lowest BCUT2D eigenvalue weighted by atomic mass is 10.3. The number of rotatable bonds is 5. The van der Waals surface area contributed by atoms with E-state index in [1.807, 2.05) is 0 Å². The lowest BCUT2D eigenvalue weighted by molar-refractivity contribution is -0.122. The van der Waals surface area contributed by atoms with E-state index < -0.39 is 6.04 Å². The Balaban J connectivity index is 2.02. The van der Waals surface area contributed by atoms with Gasteiger partial charge in [-0.05, 0) is 26.8 Å². The summed E-state index contributed by atoms with van der Waals surface area (Å²) in [6, 6.07) is 0.360. The number of hydrogen-bond donors (Lipinski definition) is 2. The molecule has 0 bridgehead atoms. The second kappa shape index (κ2) is 4.58. The molecule has 0 aromatic rings. The van der Waals surface area contributed by atoms with Gasteiger partial charge in [0.1, 0.15) is 0 Å². The molecule has 1 amide bonds. The normalized spacial score (nSPS) is 18.8. The minimum absolute atomic E-state index is 0.0656. The first kappa shape index (κ1) is 10.5. The number of nitrogens with one attached hydrogen (secondary N) is 1. The third kappa shape index (κ3) is 3.74. The molecule has 0 radical (unpaired) electrons. The zero-order valence-corrected chi connectivity index (χ0v) is 8.42. The summed E-state index contributed by atoms with van der Waals surface area (Å²) in [6.07, 6.45) is 2.61. The van der Waals surface area contributed by atoms with Crippen LogP contribution in [-0.2, 0) is 4.79 Å². The van der Waals surface area contributed by atoms with Crippen LogP contribution in [0.25, 0.3) is 0 Å². The molecule has 3 N–H and O–H groups in total. The molecule has 1 unspecified atom stereocenters. The van der Waals surface area contributed by atoms with E-state index >= 15 is 0 Å². The van der Waals surface area contributed by atoms with Crippen molar-refractivity contribution in [3.8, 4) is 0 Å². The molecule has 1 aliphatic carbocycles. The first-order chi connectivity index (χ1) is 6.11. The minimum Gasteiger partial charge on any atom is -0.353 e. The lowest BCUT2D eigenvalue weighted by Gasteiger charge is -2.16. The fourth-order valence-corrected chi connectivity index (χ4v) is 1.21. The highest BCUT2D eigenvalue weighted by Crippen LogP contribution is 2.24. The number of nitrogens with zero attached hydrogens (tertiary/aromatic N) is 1. The molecule has 4 heteroatoms. The van der Waals surface area contributed by atoms with E-state index in [0.717, 1.165) is 12.6 Å². The van der Waals surface area contributed by atoms with Crippen LogP contribution in [0, 0.1) is 0 Å². The monoisotopic (exact) mass is 185 g/mol. The van der Waals surface area contributed by atoms with Crippen molar-refractivity contribution in [3.05, 3.63) is 0 Å². The van der Waals surface area contributed by atoms with E-state index in [1.54, 1.807) is 6.92 Å². The van der Waals surface area contributed by atoms with Crippen molar-refractivity contribution in [1.29, 1.82) is 0 Å². The molecule has 0 aromatic carbocycles. The average molecular weight is 185 g/mol. The topological polar surface area (TPSA) is 58.4 Å². The van der Waals surface area contributed by atoms with Crippen LogP contribution in [0.4, 0.5) is 0 Å². The Bertz CT molecular complexity index is 178. The summed E-state index contributed by atoms with van der Waals surface area (Å²) in [5.74, 6) is -0.0656. The highest BCUT2D eigenvalue weighted by molar-refractivity contribution is 5.80. The maximum Gasteiger partial charge on any atom is 0.236 e. The molecule has 1 fully saturated rings. The minimum atomic E-state index is -0.397. The van der Waals surface area contributed by atoms with Crippen LogP contribution in [0.5, 0.6) is 0 Å². The van der Waals surface area contributed by atoms with Gasteiger partial charge in [0, 0.05) is 19.1 Å². The molecule has 1 atom stereocenters. The van der Waals surface area contributed by atoms with Crippen LogP contribution < -0.4 is 11.1 Å². The van der Waals surface area contributed by atoms with E-state index in [2.05, 4.69) is 17.3 Å². The van der Waals surface area contributed by atoms with Gasteiger partial charge in [0.25, 0.3) is 0 Å². The number of carbonyl (C=O) groups excluding carboxylic acids is 1. The van der Waals surface area contributed by atoms with Crippen LogP contribution in [0.3, 0.4) is 0 Å². The Kier molecular flexibility index (Phi) is 3.69. The molecule has 1 aliphatic rings. The Labute approximate surface area is 79.5 Å². The van der Waals surface area contributed by atoms with Crippen LogP contribution >= 0.6 is 0 Å². The van der Waals surface area contributed by atoms with E-state index in [4.69, 9.17) is 5.73 Å². The summed E-state index contributed by atoms with van der Waals surface area (Å²) in [4.78, 5) is 13.3. The zero-order valence-electron chi connectivity index (χ0n) is 8.42. The van der Waals surface area contributed by atoms with Crippen molar-refractivity contribution < 1.29 is 4.79 Å². The molecule has 1 rings (SSSR count). The lowest BCUT2D eigenvalue weighted by Crippen LogP contribution is -2.41. The number of nitrogens with two attached hydrogens (primary N) is 1. The summed E-state index contributed by atoms with van der Waals surface area (Å²) in [7, 11) is 2.09. The summed E-state index contributed by atoms with van der Waals surface area (Å²) < 4.78 is 0. The van der Waals surface area contributed by atoms with Gasteiger partial charge in [0.15, 0.2) is 0 Å². The molecule has 0 aromatic heterocycles. The van der Waals surface area contributed by atoms with Crippen molar-refractivity contribution in [1.82, 2.24) is 10.2 Å². The molecule has 0 saturated heterocycles. The van der Waals surface area contributed by atoms with Gasteiger partial charge in [0.05, 0.1) is 6.04 Å². The number of amides is 1. The van der Waals surface area contributed by atoms with Gasteiger partial charge in [-0.25, -0.2) is 0 Å². The fourth-order valence-electron chi connectivity index (χ4n) is 1.21. The van der Waals surface area contributed by atoms with Gasteiger partial charge in [-0.15, -0.1) is 0 Å².